The van der Waals surface area contributed by atoms with Gasteiger partial charge in [0.2, 0.25) is 5.91 Å². The first-order chi connectivity index (χ1) is 8.31. The number of Topliss-reactive ketones (excluding diaryl/α,β-unsaturated/α-hetero) is 1. The van der Waals surface area contributed by atoms with Gasteiger partial charge >= 0.3 is 0 Å². The molecule has 0 fully saturated rings. The van der Waals surface area contributed by atoms with E-state index < -0.39 is 32.9 Å². The van der Waals surface area contributed by atoms with Crippen molar-refractivity contribution in [3.63, 3.8) is 0 Å². The molecule has 19 heavy (non-hydrogen) atoms. The van der Waals surface area contributed by atoms with Crippen molar-refractivity contribution in [1.29, 1.82) is 0 Å². The Morgan fingerprint density at radius 2 is 1.74 bits per heavy atom. The summed E-state index contributed by atoms with van der Waals surface area (Å²) in [5.41, 5.74) is -2.39. The first-order valence-electron chi connectivity index (χ1n) is 5.64. The van der Waals surface area contributed by atoms with Gasteiger partial charge in [-0.25, -0.2) is 0 Å². The molecule has 0 heterocycles. The number of ketones is 1. The summed E-state index contributed by atoms with van der Waals surface area (Å²) in [6.45, 7) is 5.69. The maximum atomic E-state index is 11.8. The van der Waals surface area contributed by atoms with Crippen LogP contribution in [0.3, 0.4) is 0 Å². The third-order valence-corrected chi connectivity index (χ3v) is 3.80. The number of carbonyl (C=O) groups excluding carboxylic acids is 2. The molecule has 2 N–H and O–H groups in total. The number of ether oxygens (including phenoxy) is 1. The summed E-state index contributed by atoms with van der Waals surface area (Å²) in [6.07, 6.45) is -0.228. The lowest BCUT2D eigenvalue weighted by molar-refractivity contribution is -0.143. The lowest BCUT2D eigenvalue weighted by atomic mass is 9.96. The van der Waals surface area contributed by atoms with E-state index in [9.17, 15) is 18.0 Å². The molecule has 0 saturated carbocycles. The average molecular weight is 295 g/mol. The van der Waals surface area contributed by atoms with Crippen LogP contribution in [-0.4, -0.2) is 48.7 Å². The van der Waals surface area contributed by atoms with Crippen LogP contribution in [0.2, 0.25) is 0 Å². The number of rotatable bonds is 7. The van der Waals surface area contributed by atoms with E-state index in [-0.39, 0.29) is 12.2 Å². The Hall–Kier alpha value is -0.990. The molecule has 0 spiro atoms. The Bertz CT molecular complexity index is 456. The van der Waals surface area contributed by atoms with E-state index in [1.165, 1.54) is 34.8 Å². The van der Waals surface area contributed by atoms with E-state index >= 15 is 0 Å². The summed E-state index contributed by atoms with van der Waals surface area (Å²) < 4.78 is 35.4. The van der Waals surface area contributed by atoms with Crippen LogP contribution in [0, 0.1) is 0 Å². The van der Waals surface area contributed by atoms with Crippen LogP contribution in [0.4, 0.5) is 0 Å². The van der Waals surface area contributed by atoms with Gasteiger partial charge in [0.05, 0.1) is 17.7 Å². The van der Waals surface area contributed by atoms with E-state index in [1.807, 2.05) is 0 Å². The third-order valence-electron chi connectivity index (χ3n) is 2.71. The van der Waals surface area contributed by atoms with Crippen LogP contribution >= 0.6 is 0 Å². The van der Waals surface area contributed by atoms with Gasteiger partial charge in [-0.05, 0) is 27.7 Å². The minimum Gasteiger partial charge on any atom is -0.370 e. The van der Waals surface area contributed by atoms with Crippen LogP contribution in [0.5, 0.6) is 0 Å². The molecule has 0 radical (unpaired) electrons. The van der Waals surface area contributed by atoms with Gasteiger partial charge in [0.1, 0.15) is 5.60 Å². The molecule has 1 amide bonds. The largest absolute Gasteiger partial charge is 0.370 e. The van der Waals surface area contributed by atoms with Crippen LogP contribution in [-0.2, 0) is 24.4 Å². The molecule has 0 bridgehead atoms. The van der Waals surface area contributed by atoms with Crippen molar-refractivity contribution in [2.75, 3.05) is 12.9 Å². The topological polar surface area (TPSA) is 110 Å². The predicted molar refractivity (Wildman–Crippen MR) is 69.3 cm³/mol. The summed E-state index contributed by atoms with van der Waals surface area (Å²) in [6, 6.07) is 0. The predicted octanol–water partition coefficient (Wildman–Crippen LogP) is 0.153. The highest BCUT2D eigenvalue weighted by molar-refractivity contribution is 7.85. The highest BCUT2D eigenvalue weighted by Crippen LogP contribution is 2.17. The Labute approximate surface area is 113 Å². The van der Waals surface area contributed by atoms with Crippen LogP contribution in [0.1, 0.15) is 34.1 Å². The maximum Gasteiger partial charge on any atom is 0.267 e. The number of nitrogens with one attached hydrogen (secondary N) is 1. The maximum absolute atomic E-state index is 11.8. The van der Waals surface area contributed by atoms with Crippen LogP contribution in [0.15, 0.2) is 0 Å². The molecule has 0 aromatic heterocycles. The van der Waals surface area contributed by atoms with Gasteiger partial charge in [-0.15, -0.1) is 0 Å². The van der Waals surface area contributed by atoms with Crippen LogP contribution in [0.25, 0.3) is 0 Å². The fourth-order valence-electron chi connectivity index (χ4n) is 1.56. The standard InChI is InChI=1S/C11H21NO6S/c1-8(13)11(4,18-5)6-9(14)12-10(2,3)7-19(15,16)17/h6-7H2,1-5H3,(H,12,14)(H,15,16,17). The molecule has 0 aliphatic heterocycles. The lowest BCUT2D eigenvalue weighted by Crippen LogP contribution is -2.51. The third kappa shape index (κ3) is 6.65. The molecule has 0 aliphatic carbocycles. The Morgan fingerprint density at radius 1 is 1.26 bits per heavy atom. The molecule has 0 aromatic carbocycles. The van der Waals surface area contributed by atoms with Gasteiger partial charge in [0, 0.05) is 7.11 Å². The first-order valence-corrected chi connectivity index (χ1v) is 7.25. The zero-order valence-corrected chi connectivity index (χ0v) is 12.6. The Balaban J connectivity index is 4.75. The normalized spacial score (nSPS) is 15.7. The zero-order chi connectivity index (χ0) is 15.5. The monoisotopic (exact) mass is 295 g/mol. The summed E-state index contributed by atoms with van der Waals surface area (Å²) >= 11 is 0. The second kappa shape index (κ2) is 5.98. The van der Waals surface area contributed by atoms with Gasteiger partial charge in [-0.1, -0.05) is 0 Å². The zero-order valence-electron chi connectivity index (χ0n) is 11.8. The van der Waals surface area contributed by atoms with Crippen molar-refractivity contribution < 1.29 is 27.3 Å². The number of carbonyl (C=O) groups is 2. The summed E-state index contributed by atoms with van der Waals surface area (Å²) in [7, 11) is -2.89. The van der Waals surface area contributed by atoms with Gasteiger partial charge in [0.15, 0.2) is 5.78 Å². The quantitative estimate of drug-likeness (QED) is 0.647. The minimum atomic E-state index is -4.21. The molecule has 0 aromatic rings. The van der Waals surface area contributed by atoms with Gasteiger partial charge in [-0.3, -0.25) is 14.1 Å². The summed E-state index contributed by atoms with van der Waals surface area (Å²) in [5, 5.41) is 2.45. The Kier molecular flexibility index (Phi) is 5.66. The van der Waals surface area contributed by atoms with Gasteiger partial charge < -0.3 is 10.1 Å². The highest BCUT2D eigenvalue weighted by Gasteiger charge is 2.35. The minimum absolute atomic E-state index is 0.228. The number of hydrogen-bond acceptors (Lipinski definition) is 5. The molecule has 1 atom stereocenters. The highest BCUT2D eigenvalue weighted by atomic mass is 32.2. The molecule has 1 unspecified atom stereocenters. The van der Waals surface area contributed by atoms with Gasteiger partial charge in [0.25, 0.3) is 10.1 Å². The SMILES string of the molecule is COC(C)(CC(=O)NC(C)(C)CS(=O)(=O)O)C(C)=O. The van der Waals surface area contributed by atoms with Crippen molar-refractivity contribution in [3.05, 3.63) is 0 Å². The van der Waals surface area contributed by atoms with Crippen molar-refractivity contribution in [2.24, 2.45) is 0 Å². The molecular formula is C11H21NO6S. The van der Waals surface area contributed by atoms with Crippen molar-refractivity contribution in [3.8, 4) is 0 Å². The van der Waals surface area contributed by atoms with Gasteiger partial charge in [-0.2, -0.15) is 8.42 Å². The van der Waals surface area contributed by atoms with E-state index in [0.717, 1.165) is 0 Å². The summed E-state index contributed by atoms with van der Waals surface area (Å²) in [5.74, 6) is -1.46. The number of amides is 1. The lowest BCUT2D eigenvalue weighted by Gasteiger charge is -2.29. The second-order valence-corrected chi connectivity index (χ2v) is 6.78. The molecule has 8 heteroatoms. The average Bonchev–Trinajstić information content (AvgIpc) is 2.11. The summed E-state index contributed by atoms with van der Waals surface area (Å²) in [4.78, 5) is 23.2. The molecule has 0 aliphatic rings. The second-order valence-electron chi connectivity index (χ2n) is 5.33. The molecule has 112 valence electrons. The molecule has 0 saturated heterocycles. The van der Waals surface area contributed by atoms with Crippen molar-refractivity contribution in [2.45, 2.75) is 45.3 Å². The fourth-order valence-corrected chi connectivity index (χ4v) is 2.54. The molecular weight excluding hydrogens is 274 g/mol. The van der Waals surface area contributed by atoms with E-state index in [4.69, 9.17) is 9.29 Å². The van der Waals surface area contributed by atoms with E-state index in [2.05, 4.69) is 5.32 Å². The number of methoxy groups -OCH3 is 1. The molecule has 0 rings (SSSR count). The number of hydrogen-bond donors (Lipinski definition) is 2. The Morgan fingerprint density at radius 3 is 2.05 bits per heavy atom. The van der Waals surface area contributed by atoms with Crippen molar-refractivity contribution >= 4 is 21.8 Å². The fraction of sp³-hybridized carbons (Fsp3) is 0.818. The van der Waals surface area contributed by atoms with E-state index in [0.29, 0.717) is 0 Å². The van der Waals surface area contributed by atoms with Crippen molar-refractivity contribution in [1.82, 2.24) is 5.32 Å². The first kappa shape index (κ1) is 18.0. The smallest absolute Gasteiger partial charge is 0.267 e. The molecule has 7 nitrogen and oxygen atoms in total. The van der Waals surface area contributed by atoms with Crippen LogP contribution < -0.4 is 5.32 Å². The van der Waals surface area contributed by atoms with E-state index in [1.54, 1.807) is 0 Å².